The molecule has 0 fully saturated rings. The topological polar surface area (TPSA) is 93.3 Å². The molecule has 0 aromatic carbocycles. The van der Waals surface area contributed by atoms with Gasteiger partial charge in [0.2, 0.25) is 5.82 Å². The number of hydrogen-bond acceptors (Lipinski definition) is 4. The number of aromatic nitrogens is 1. The predicted octanol–water partition coefficient (Wildman–Crippen LogP) is 1.69. The number of rotatable bonds is 4. The fourth-order valence-corrected chi connectivity index (χ4v) is 1.19. The molecule has 1 rings (SSSR count). The van der Waals surface area contributed by atoms with Crippen LogP contribution in [-0.2, 0) is 11.2 Å². The molecule has 1 heterocycles. The highest BCUT2D eigenvalue weighted by molar-refractivity contribution is 5.70. The first kappa shape index (κ1) is 12.9. The number of carboxylic acids is 1. The van der Waals surface area contributed by atoms with Crippen LogP contribution >= 0.6 is 0 Å². The van der Waals surface area contributed by atoms with Gasteiger partial charge in [0, 0.05) is 5.56 Å². The summed E-state index contributed by atoms with van der Waals surface area (Å²) in [5.41, 5.74) is -1.88. The van der Waals surface area contributed by atoms with E-state index in [1.165, 1.54) is 0 Å². The lowest BCUT2D eigenvalue weighted by Crippen LogP contribution is -2.09. The predicted molar refractivity (Wildman–Crippen MR) is 47.1 cm³/mol. The zero-order valence-electron chi connectivity index (χ0n) is 8.06. The Morgan fingerprint density at radius 1 is 1.59 bits per heavy atom. The Kier molecular flexibility index (Phi) is 3.61. The Labute approximate surface area is 91.9 Å². The second kappa shape index (κ2) is 4.76. The molecule has 0 saturated heterocycles. The lowest BCUT2D eigenvalue weighted by molar-refractivity contribution is -0.392. The summed E-state index contributed by atoms with van der Waals surface area (Å²) in [6, 6.07) is 0. The minimum Gasteiger partial charge on any atom is -0.481 e. The van der Waals surface area contributed by atoms with Crippen LogP contribution in [0.2, 0.25) is 0 Å². The quantitative estimate of drug-likeness (QED) is 0.648. The Morgan fingerprint density at radius 3 is 2.59 bits per heavy atom. The molecule has 0 atom stereocenters. The van der Waals surface area contributed by atoms with Crippen LogP contribution in [-0.4, -0.2) is 21.0 Å². The van der Waals surface area contributed by atoms with Gasteiger partial charge in [-0.3, -0.25) is 4.79 Å². The first-order chi connectivity index (χ1) is 7.84. The fraction of sp³-hybridized carbons (Fsp3) is 0.250. The molecule has 1 N–H and O–H groups in total. The zero-order valence-corrected chi connectivity index (χ0v) is 8.06. The highest BCUT2D eigenvalue weighted by Crippen LogP contribution is 2.30. The third kappa shape index (κ3) is 2.68. The number of hydrogen-bond donors (Lipinski definition) is 1. The van der Waals surface area contributed by atoms with E-state index < -0.39 is 46.5 Å². The van der Waals surface area contributed by atoms with E-state index in [2.05, 4.69) is 4.98 Å². The molecule has 0 bridgehead atoms. The average Bonchev–Trinajstić information content (AvgIpc) is 2.15. The number of nitro groups is 1. The molecule has 0 aliphatic rings. The van der Waals surface area contributed by atoms with Crippen molar-refractivity contribution >= 4 is 11.8 Å². The summed E-state index contributed by atoms with van der Waals surface area (Å²) in [6.07, 6.45) is -3.68. The van der Waals surface area contributed by atoms with Crippen molar-refractivity contribution in [3.63, 3.8) is 0 Å². The highest BCUT2D eigenvalue weighted by atomic mass is 19.3. The third-order valence-electron chi connectivity index (χ3n) is 1.85. The van der Waals surface area contributed by atoms with Gasteiger partial charge in [-0.2, -0.15) is 4.39 Å². The van der Waals surface area contributed by atoms with Gasteiger partial charge in [0.15, 0.2) is 0 Å². The van der Waals surface area contributed by atoms with Crippen LogP contribution in [0.3, 0.4) is 0 Å². The maximum atomic E-state index is 13.3. The normalized spacial score (nSPS) is 10.6. The Morgan fingerprint density at radius 2 is 2.18 bits per heavy atom. The van der Waals surface area contributed by atoms with Crippen molar-refractivity contribution in [3.05, 3.63) is 33.3 Å². The molecule has 1 aromatic rings. The van der Waals surface area contributed by atoms with Crippen LogP contribution in [0.4, 0.5) is 19.0 Å². The van der Waals surface area contributed by atoms with Crippen LogP contribution in [0.25, 0.3) is 0 Å². The van der Waals surface area contributed by atoms with E-state index in [9.17, 15) is 28.1 Å². The molecule has 0 unspecified atom stereocenters. The number of alkyl halides is 2. The number of carboxylic acid groups (broad SMARTS) is 1. The van der Waals surface area contributed by atoms with Gasteiger partial charge in [0.05, 0.1) is 12.0 Å². The molecule has 92 valence electrons. The number of carbonyl (C=O) groups is 1. The summed E-state index contributed by atoms with van der Waals surface area (Å²) in [6.45, 7) is 0. The van der Waals surface area contributed by atoms with Gasteiger partial charge < -0.3 is 15.2 Å². The van der Waals surface area contributed by atoms with Gasteiger partial charge in [-0.25, -0.2) is 8.78 Å². The van der Waals surface area contributed by atoms with Crippen molar-refractivity contribution in [2.45, 2.75) is 12.8 Å². The van der Waals surface area contributed by atoms with E-state index in [1.54, 1.807) is 0 Å². The van der Waals surface area contributed by atoms with Crippen LogP contribution in [0.5, 0.6) is 0 Å². The summed E-state index contributed by atoms with van der Waals surface area (Å²) in [4.78, 5) is 22.4. The van der Waals surface area contributed by atoms with Crippen LogP contribution in [0, 0.1) is 15.9 Å². The van der Waals surface area contributed by atoms with Crippen LogP contribution in [0.15, 0.2) is 6.20 Å². The number of halogens is 3. The molecular formula is C8H5F3N2O4. The van der Waals surface area contributed by atoms with Gasteiger partial charge in [-0.15, -0.1) is 0 Å². The standard InChI is InChI=1S/C8H5F3N2O4/c9-6-5(7(10)11)3(1-4(14)15)2-12-8(6)13(16)17/h2,7H,1H2,(H,14,15). The summed E-state index contributed by atoms with van der Waals surface area (Å²) in [7, 11) is 0. The second-order valence-corrected chi connectivity index (χ2v) is 2.96. The summed E-state index contributed by atoms with van der Waals surface area (Å²) in [5.74, 6) is -4.62. The first-order valence-electron chi connectivity index (χ1n) is 4.16. The van der Waals surface area contributed by atoms with Crippen molar-refractivity contribution in [1.29, 1.82) is 0 Å². The van der Waals surface area contributed by atoms with E-state index in [1.807, 2.05) is 0 Å². The van der Waals surface area contributed by atoms with Crippen molar-refractivity contribution in [2.24, 2.45) is 0 Å². The van der Waals surface area contributed by atoms with Gasteiger partial charge in [-0.05, 0) is 9.91 Å². The Hall–Kier alpha value is -2.19. The molecule has 0 radical (unpaired) electrons. The highest BCUT2D eigenvalue weighted by Gasteiger charge is 2.29. The molecule has 0 aliphatic heterocycles. The van der Waals surface area contributed by atoms with E-state index in [0.717, 1.165) is 0 Å². The average molecular weight is 250 g/mol. The molecule has 0 amide bonds. The fourth-order valence-electron chi connectivity index (χ4n) is 1.19. The third-order valence-corrected chi connectivity index (χ3v) is 1.85. The molecule has 0 saturated carbocycles. The molecule has 9 heteroatoms. The summed E-state index contributed by atoms with van der Waals surface area (Å²) < 4.78 is 38.3. The maximum Gasteiger partial charge on any atom is 0.400 e. The van der Waals surface area contributed by atoms with Gasteiger partial charge in [-0.1, -0.05) is 0 Å². The molecule has 0 spiro atoms. The van der Waals surface area contributed by atoms with Crippen molar-refractivity contribution in [3.8, 4) is 0 Å². The van der Waals surface area contributed by atoms with Crippen molar-refractivity contribution in [2.75, 3.05) is 0 Å². The van der Waals surface area contributed by atoms with Crippen molar-refractivity contribution < 1.29 is 28.0 Å². The summed E-state index contributed by atoms with van der Waals surface area (Å²) >= 11 is 0. The molecular weight excluding hydrogens is 245 g/mol. The number of aliphatic carboxylic acids is 1. The van der Waals surface area contributed by atoms with E-state index >= 15 is 0 Å². The van der Waals surface area contributed by atoms with Crippen LogP contribution in [0.1, 0.15) is 17.6 Å². The van der Waals surface area contributed by atoms with E-state index in [4.69, 9.17) is 5.11 Å². The van der Waals surface area contributed by atoms with Crippen molar-refractivity contribution in [1.82, 2.24) is 4.98 Å². The number of pyridine rings is 1. The zero-order chi connectivity index (χ0) is 13.2. The minimum atomic E-state index is -3.36. The largest absolute Gasteiger partial charge is 0.481 e. The molecule has 1 aromatic heterocycles. The lowest BCUT2D eigenvalue weighted by Gasteiger charge is -2.06. The smallest absolute Gasteiger partial charge is 0.400 e. The SMILES string of the molecule is O=C(O)Cc1cnc([N+](=O)[O-])c(F)c1C(F)F. The van der Waals surface area contributed by atoms with E-state index in [-0.39, 0.29) is 0 Å². The summed E-state index contributed by atoms with van der Waals surface area (Å²) in [5, 5.41) is 18.7. The second-order valence-electron chi connectivity index (χ2n) is 2.96. The monoisotopic (exact) mass is 250 g/mol. The lowest BCUT2D eigenvalue weighted by atomic mass is 10.1. The number of nitrogens with zero attached hydrogens (tertiary/aromatic N) is 2. The van der Waals surface area contributed by atoms with Gasteiger partial charge in [0.1, 0.15) is 6.20 Å². The Balaban J connectivity index is 3.39. The van der Waals surface area contributed by atoms with Crippen LogP contribution < -0.4 is 0 Å². The van der Waals surface area contributed by atoms with Gasteiger partial charge >= 0.3 is 11.8 Å². The maximum absolute atomic E-state index is 13.3. The minimum absolute atomic E-state index is 0.566. The van der Waals surface area contributed by atoms with E-state index in [0.29, 0.717) is 6.20 Å². The molecule has 0 aliphatic carbocycles. The molecule has 6 nitrogen and oxygen atoms in total. The Bertz CT molecular complexity index is 478. The van der Waals surface area contributed by atoms with Gasteiger partial charge in [0.25, 0.3) is 6.43 Å². The first-order valence-corrected chi connectivity index (χ1v) is 4.16. The molecule has 17 heavy (non-hydrogen) atoms.